The molecular formula is C17H26BrNO7. The third-order valence-corrected chi connectivity index (χ3v) is 3.34. The van der Waals surface area contributed by atoms with E-state index < -0.39 is 0 Å². The van der Waals surface area contributed by atoms with Crippen LogP contribution in [0.1, 0.15) is 0 Å². The summed E-state index contributed by atoms with van der Waals surface area (Å²) in [5.41, 5.74) is 0. The zero-order valence-corrected chi connectivity index (χ0v) is 16.4. The van der Waals surface area contributed by atoms with E-state index >= 15 is 0 Å². The maximum absolute atomic E-state index is 10.0. The largest absolute Gasteiger partial charge is 0.475 e. The smallest absolute Gasteiger partial charge is 0.214 e. The topological polar surface area (TPSA) is 85.3 Å². The van der Waals surface area contributed by atoms with E-state index in [-0.39, 0.29) is 6.61 Å². The molecule has 0 saturated carbocycles. The first-order chi connectivity index (χ1) is 12.8. The lowest BCUT2D eigenvalue weighted by molar-refractivity contribution is -0.112. The fourth-order valence-electron chi connectivity index (χ4n) is 1.68. The lowest BCUT2D eigenvalue weighted by Gasteiger charge is -2.08. The van der Waals surface area contributed by atoms with Crippen molar-refractivity contribution in [2.75, 3.05) is 72.7 Å². The second-order valence-corrected chi connectivity index (χ2v) is 5.77. The number of ether oxygens (including phenoxy) is 6. The maximum Gasteiger partial charge on any atom is 0.214 e. The number of hydrogen-bond acceptors (Lipinski definition) is 8. The van der Waals surface area contributed by atoms with Crippen molar-refractivity contribution in [3.63, 3.8) is 0 Å². The Labute approximate surface area is 162 Å². The van der Waals surface area contributed by atoms with Crippen LogP contribution in [0.4, 0.5) is 0 Å². The van der Waals surface area contributed by atoms with Crippen molar-refractivity contribution in [3.05, 3.63) is 22.8 Å². The molecule has 0 aliphatic rings. The van der Waals surface area contributed by atoms with Gasteiger partial charge in [-0.3, -0.25) is 0 Å². The van der Waals surface area contributed by atoms with Crippen LogP contribution >= 0.6 is 15.9 Å². The summed E-state index contributed by atoms with van der Waals surface area (Å²) >= 11 is 3.35. The molecule has 0 fully saturated rings. The zero-order chi connectivity index (χ0) is 18.7. The highest BCUT2D eigenvalue weighted by molar-refractivity contribution is 9.10. The molecule has 1 aromatic rings. The van der Waals surface area contributed by atoms with Crippen LogP contribution in [0.3, 0.4) is 0 Å². The predicted octanol–water partition coefficient (Wildman–Crippen LogP) is 1.50. The lowest BCUT2D eigenvalue weighted by Crippen LogP contribution is -2.14. The minimum Gasteiger partial charge on any atom is -0.475 e. The summed E-state index contributed by atoms with van der Waals surface area (Å²) in [7, 11) is 0. The highest BCUT2D eigenvalue weighted by Gasteiger charge is 1.97. The quantitative estimate of drug-likeness (QED) is 0.253. The van der Waals surface area contributed by atoms with Crippen molar-refractivity contribution in [2.45, 2.75) is 0 Å². The van der Waals surface area contributed by atoms with Gasteiger partial charge in [0.1, 0.15) is 19.5 Å². The van der Waals surface area contributed by atoms with Gasteiger partial charge in [0.2, 0.25) is 5.88 Å². The van der Waals surface area contributed by atoms with Gasteiger partial charge in [0.25, 0.3) is 0 Å². The number of nitrogens with zero attached hydrogens (tertiary/aromatic N) is 1. The van der Waals surface area contributed by atoms with Crippen LogP contribution in [0.15, 0.2) is 22.8 Å². The number of carbonyl (C=O) groups is 1. The molecule has 1 aromatic heterocycles. The van der Waals surface area contributed by atoms with E-state index in [1.165, 1.54) is 0 Å². The molecule has 0 N–H and O–H groups in total. The first-order valence-corrected chi connectivity index (χ1v) is 9.19. The van der Waals surface area contributed by atoms with E-state index in [9.17, 15) is 4.79 Å². The van der Waals surface area contributed by atoms with Crippen LogP contribution in [-0.4, -0.2) is 83.9 Å². The minimum absolute atomic E-state index is 0.107. The van der Waals surface area contributed by atoms with Gasteiger partial charge in [-0.15, -0.1) is 0 Å². The molecule has 148 valence electrons. The summed E-state index contributed by atoms with van der Waals surface area (Å²) in [5.74, 6) is 0.564. The summed E-state index contributed by atoms with van der Waals surface area (Å²) in [4.78, 5) is 14.1. The van der Waals surface area contributed by atoms with Crippen molar-refractivity contribution in [1.29, 1.82) is 0 Å². The number of carbonyl (C=O) groups excluding carboxylic acids is 1. The lowest BCUT2D eigenvalue weighted by atomic mass is 10.5. The zero-order valence-electron chi connectivity index (χ0n) is 14.8. The van der Waals surface area contributed by atoms with E-state index in [2.05, 4.69) is 20.9 Å². The SMILES string of the molecule is O=CCOCCOCCOCCOCCOCCOc1cc(Br)ccn1. The molecule has 26 heavy (non-hydrogen) atoms. The van der Waals surface area contributed by atoms with Gasteiger partial charge in [0.05, 0.1) is 59.5 Å². The Morgan fingerprint density at radius 1 is 0.808 bits per heavy atom. The van der Waals surface area contributed by atoms with Crippen molar-refractivity contribution < 1.29 is 33.2 Å². The third kappa shape index (κ3) is 14.1. The molecule has 0 radical (unpaired) electrons. The first-order valence-electron chi connectivity index (χ1n) is 8.39. The molecule has 0 spiro atoms. The molecule has 0 aliphatic carbocycles. The Morgan fingerprint density at radius 3 is 1.81 bits per heavy atom. The number of pyridine rings is 1. The second kappa shape index (κ2) is 17.3. The molecular weight excluding hydrogens is 410 g/mol. The second-order valence-electron chi connectivity index (χ2n) is 4.85. The van der Waals surface area contributed by atoms with Gasteiger partial charge < -0.3 is 33.2 Å². The first kappa shape index (κ1) is 22.9. The number of halogens is 1. The summed E-state index contributed by atoms with van der Waals surface area (Å²) in [6.45, 7) is 4.87. The minimum atomic E-state index is 0.107. The van der Waals surface area contributed by atoms with Crippen LogP contribution in [0.25, 0.3) is 0 Å². The molecule has 0 bridgehead atoms. The average molecular weight is 436 g/mol. The Hall–Kier alpha value is -1.10. The van der Waals surface area contributed by atoms with E-state index in [0.717, 1.165) is 4.47 Å². The molecule has 0 atom stereocenters. The van der Waals surface area contributed by atoms with Crippen LogP contribution in [-0.2, 0) is 28.5 Å². The highest BCUT2D eigenvalue weighted by Crippen LogP contribution is 2.14. The Kier molecular flexibility index (Phi) is 15.3. The summed E-state index contributed by atoms with van der Waals surface area (Å²) < 4.78 is 32.7. The van der Waals surface area contributed by atoms with Crippen LogP contribution in [0.2, 0.25) is 0 Å². The Bertz CT molecular complexity index is 464. The fourth-order valence-corrected chi connectivity index (χ4v) is 1.99. The Balaban J connectivity index is 1.74. The van der Waals surface area contributed by atoms with Crippen molar-refractivity contribution >= 4 is 22.2 Å². The average Bonchev–Trinajstić information content (AvgIpc) is 2.64. The van der Waals surface area contributed by atoms with Gasteiger partial charge in [-0.25, -0.2) is 4.98 Å². The van der Waals surface area contributed by atoms with Crippen molar-refractivity contribution in [2.24, 2.45) is 0 Å². The molecule has 0 amide bonds. The van der Waals surface area contributed by atoms with E-state index in [1.54, 1.807) is 12.3 Å². The molecule has 1 heterocycles. The van der Waals surface area contributed by atoms with E-state index in [4.69, 9.17) is 28.4 Å². The van der Waals surface area contributed by atoms with Crippen molar-refractivity contribution in [1.82, 2.24) is 4.98 Å². The molecule has 8 nitrogen and oxygen atoms in total. The monoisotopic (exact) mass is 435 g/mol. The summed E-state index contributed by atoms with van der Waals surface area (Å²) in [6, 6.07) is 3.64. The number of aldehydes is 1. The predicted molar refractivity (Wildman–Crippen MR) is 97.6 cm³/mol. The van der Waals surface area contributed by atoms with Gasteiger partial charge >= 0.3 is 0 Å². The van der Waals surface area contributed by atoms with Crippen LogP contribution in [0, 0.1) is 0 Å². The molecule has 9 heteroatoms. The van der Waals surface area contributed by atoms with E-state index in [0.29, 0.717) is 78.2 Å². The number of rotatable bonds is 18. The van der Waals surface area contributed by atoms with Gasteiger partial charge in [0, 0.05) is 16.7 Å². The molecule has 0 unspecified atom stereocenters. The molecule has 0 saturated heterocycles. The standard InChI is InChI=1S/C17H26BrNO7/c18-16-1-2-19-17(15-16)26-14-13-25-12-11-24-10-9-23-8-7-22-6-5-21-4-3-20/h1-3,15H,4-14H2. The van der Waals surface area contributed by atoms with Gasteiger partial charge in [0.15, 0.2) is 0 Å². The maximum atomic E-state index is 10.0. The van der Waals surface area contributed by atoms with Crippen LogP contribution in [0.5, 0.6) is 5.88 Å². The van der Waals surface area contributed by atoms with E-state index in [1.807, 2.05) is 6.07 Å². The summed E-state index contributed by atoms with van der Waals surface area (Å²) in [5, 5.41) is 0. The van der Waals surface area contributed by atoms with Gasteiger partial charge in [-0.05, 0) is 6.07 Å². The van der Waals surface area contributed by atoms with Crippen molar-refractivity contribution in [3.8, 4) is 5.88 Å². The number of aromatic nitrogens is 1. The molecule has 1 rings (SSSR count). The molecule has 0 aliphatic heterocycles. The normalized spacial score (nSPS) is 10.8. The van der Waals surface area contributed by atoms with Gasteiger partial charge in [-0.2, -0.15) is 0 Å². The Morgan fingerprint density at radius 2 is 1.31 bits per heavy atom. The number of hydrogen-bond donors (Lipinski definition) is 0. The van der Waals surface area contributed by atoms with Gasteiger partial charge in [-0.1, -0.05) is 15.9 Å². The highest BCUT2D eigenvalue weighted by atomic mass is 79.9. The third-order valence-electron chi connectivity index (χ3n) is 2.85. The fraction of sp³-hybridized carbons (Fsp3) is 0.647. The summed E-state index contributed by atoms with van der Waals surface area (Å²) in [6.07, 6.45) is 2.39. The molecule has 0 aromatic carbocycles. The van der Waals surface area contributed by atoms with Crippen LogP contribution < -0.4 is 4.74 Å².